The van der Waals surface area contributed by atoms with E-state index < -0.39 is 0 Å². The van der Waals surface area contributed by atoms with Crippen LogP contribution in [0.3, 0.4) is 0 Å². The standard InChI is InChI=1S/C13H16Cl2O2/c1-2-4-10(14)9-7-12-13(8-11(9)15)17-6-3-5-16-12/h7-8,10H,2-6H2,1H3. The average Bonchev–Trinajstić information content (AvgIpc) is 2.52. The van der Waals surface area contributed by atoms with E-state index in [9.17, 15) is 0 Å². The van der Waals surface area contributed by atoms with Gasteiger partial charge in [0.15, 0.2) is 11.5 Å². The lowest BCUT2D eigenvalue weighted by atomic mass is 10.1. The van der Waals surface area contributed by atoms with Crippen LogP contribution in [0.2, 0.25) is 5.02 Å². The van der Waals surface area contributed by atoms with Gasteiger partial charge < -0.3 is 9.47 Å². The topological polar surface area (TPSA) is 18.5 Å². The number of hydrogen-bond donors (Lipinski definition) is 0. The smallest absolute Gasteiger partial charge is 0.162 e. The third-order valence-electron chi connectivity index (χ3n) is 2.75. The number of ether oxygens (including phenoxy) is 2. The molecule has 1 aromatic rings. The Hall–Kier alpha value is -0.600. The molecule has 1 heterocycles. The molecule has 94 valence electrons. The second-order valence-electron chi connectivity index (χ2n) is 4.13. The molecule has 0 amide bonds. The Morgan fingerprint density at radius 1 is 1.24 bits per heavy atom. The van der Waals surface area contributed by atoms with Crippen LogP contribution in [-0.2, 0) is 0 Å². The molecule has 0 saturated heterocycles. The van der Waals surface area contributed by atoms with Gasteiger partial charge in [0, 0.05) is 17.5 Å². The summed E-state index contributed by atoms with van der Waals surface area (Å²) in [6, 6.07) is 3.72. The Kier molecular flexibility index (Phi) is 4.41. The first-order valence-electron chi connectivity index (χ1n) is 5.95. The maximum atomic E-state index is 6.31. The molecule has 1 aromatic carbocycles. The summed E-state index contributed by atoms with van der Waals surface area (Å²) in [5.74, 6) is 1.47. The molecule has 0 aliphatic carbocycles. The average molecular weight is 275 g/mol. The molecule has 1 aliphatic rings. The molecular formula is C13H16Cl2O2. The van der Waals surface area contributed by atoms with Crippen molar-refractivity contribution in [2.24, 2.45) is 0 Å². The van der Waals surface area contributed by atoms with Crippen LogP contribution in [0.15, 0.2) is 12.1 Å². The second kappa shape index (κ2) is 5.83. The van der Waals surface area contributed by atoms with Crippen LogP contribution < -0.4 is 9.47 Å². The summed E-state index contributed by atoms with van der Waals surface area (Å²) in [5.41, 5.74) is 0.930. The predicted octanol–water partition coefficient (Wildman–Crippen LogP) is 4.58. The zero-order valence-corrected chi connectivity index (χ0v) is 11.4. The highest BCUT2D eigenvalue weighted by atomic mass is 35.5. The van der Waals surface area contributed by atoms with Crippen LogP contribution >= 0.6 is 23.2 Å². The quantitative estimate of drug-likeness (QED) is 0.751. The van der Waals surface area contributed by atoms with Crippen molar-refractivity contribution in [3.63, 3.8) is 0 Å². The molecule has 1 unspecified atom stereocenters. The minimum atomic E-state index is -0.0651. The van der Waals surface area contributed by atoms with E-state index in [-0.39, 0.29) is 5.38 Å². The fraction of sp³-hybridized carbons (Fsp3) is 0.538. The largest absolute Gasteiger partial charge is 0.490 e. The summed E-state index contributed by atoms with van der Waals surface area (Å²) in [6.07, 6.45) is 2.82. The maximum absolute atomic E-state index is 6.31. The molecule has 0 aromatic heterocycles. The third kappa shape index (κ3) is 2.99. The number of halogens is 2. The Labute approximate surface area is 112 Å². The van der Waals surface area contributed by atoms with E-state index in [1.807, 2.05) is 12.1 Å². The third-order valence-corrected chi connectivity index (χ3v) is 3.53. The first-order chi connectivity index (χ1) is 8.22. The number of benzene rings is 1. The van der Waals surface area contributed by atoms with Gasteiger partial charge in [0.05, 0.1) is 18.6 Å². The second-order valence-corrected chi connectivity index (χ2v) is 5.06. The van der Waals surface area contributed by atoms with Crippen LogP contribution in [0.1, 0.15) is 37.1 Å². The first kappa shape index (κ1) is 12.8. The molecule has 0 spiro atoms. The lowest BCUT2D eigenvalue weighted by Crippen LogP contribution is -1.97. The van der Waals surface area contributed by atoms with Gasteiger partial charge in [0.25, 0.3) is 0 Å². The molecule has 1 aliphatic heterocycles. The fourth-order valence-electron chi connectivity index (χ4n) is 1.85. The van der Waals surface area contributed by atoms with Crippen molar-refractivity contribution in [1.29, 1.82) is 0 Å². The minimum absolute atomic E-state index is 0.0651. The van der Waals surface area contributed by atoms with E-state index in [2.05, 4.69) is 6.92 Å². The molecular weight excluding hydrogens is 259 g/mol. The van der Waals surface area contributed by atoms with E-state index in [0.29, 0.717) is 18.2 Å². The van der Waals surface area contributed by atoms with Gasteiger partial charge in [0.2, 0.25) is 0 Å². The summed E-state index contributed by atoms with van der Waals surface area (Å²) >= 11 is 12.5. The van der Waals surface area contributed by atoms with E-state index in [4.69, 9.17) is 32.7 Å². The van der Waals surface area contributed by atoms with Gasteiger partial charge in [-0.1, -0.05) is 24.9 Å². The van der Waals surface area contributed by atoms with Crippen LogP contribution in [0.4, 0.5) is 0 Å². The van der Waals surface area contributed by atoms with Crippen molar-refractivity contribution in [3.05, 3.63) is 22.7 Å². The van der Waals surface area contributed by atoms with Gasteiger partial charge in [0.1, 0.15) is 0 Å². The molecule has 0 N–H and O–H groups in total. The van der Waals surface area contributed by atoms with Crippen molar-refractivity contribution in [3.8, 4) is 11.5 Å². The Bertz CT molecular complexity index is 393. The van der Waals surface area contributed by atoms with Crippen molar-refractivity contribution in [1.82, 2.24) is 0 Å². The molecule has 2 rings (SSSR count). The molecule has 4 heteroatoms. The monoisotopic (exact) mass is 274 g/mol. The minimum Gasteiger partial charge on any atom is -0.490 e. The van der Waals surface area contributed by atoms with Gasteiger partial charge >= 0.3 is 0 Å². The Morgan fingerprint density at radius 2 is 1.88 bits per heavy atom. The van der Waals surface area contributed by atoms with Crippen LogP contribution in [0.5, 0.6) is 11.5 Å². The summed E-state index contributed by atoms with van der Waals surface area (Å²) in [5, 5.41) is 0.590. The Morgan fingerprint density at radius 3 is 2.53 bits per heavy atom. The van der Waals surface area contributed by atoms with Crippen LogP contribution in [-0.4, -0.2) is 13.2 Å². The number of hydrogen-bond acceptors (Lipinski definition) is 2. The van der Waals surface area contributed by atoms with E-state index in [1.165, 1.54) is 0 Å². The maximum Gasteiger partial charge on any atom is 0.162 e. The van der Waals surface area contributed by atoms with E-state index >= 15 is 0 Å². The predicted molar refractivity (Wildman–Crippen MR) is 70.6 cm³/mol. The van der Waals surface area contributed by atoms with Crippen LogP contribution in [0.25, 0.3) is 0 Å². The molecule has 0 saturated carbocycles. The summed E-state index contributed by atoms with van der Waals surface area (Å²) in [4.78, 5) is 0. The van der Waals surface area contributed by atoms with Gasteiger partial charge in [-0.2, -0.15) is 0 Å². The summed E-state index contributed by atoms with van der Waals surface area (Å²) in [6.45, 7) is 3.45. The molecule has 0 radical (unpaired) electrons. The molecule has 2 nitrogen and oxygen atoms in total. The zero-order valence-electron chi connectivity index (χ0n) is 9.84. The van der Waals surface area contributed by atoms with Crippen molar-refractivity contribution < 1.29 is 9.47 Å². The van der Waals surface area contributed by atoms with E-state index in [0.717, 1.165) is 36.3 Å². The normalized spacial score (nSPS) is 16.4. The SMILES string of the molecule is CCCC(Cl)c1cc2c(cc1Cl)OCCCO2. The highest BCUT2D eigenvalue weighted by Gasteiger charge is 2.18. The van der Waals surface area contributed by atoms with E-state index in [1.54, 1.807) is 0 Å². The van der Waals surface area contributed by atoms with Crippen molar-refractivity contribution in [2.75, 3.05) is 13.2 Å². The number of alkyl halides is 1. The first-order valence-corrected chi connectivity index (χ1v) is 6.77. The van der Waals surface area contributed by atoms with Crippen molar-refractivity contribution in [2.45, 2.75) is 31.6 Å². The number of fused-ring (bicyclic) bond motifs is 1. The highest BCUT2D eigenvalue weighted by molar-refractivity contribution is 6.33. The zero-order chi connectivity index (χ0) is 12.3. The fourth-order valence-corrected chi connectivity index (χ4v) is 2.59. The van der Waals surface area contributed by atoms with Gasteiger partial charge in [-0.3, -0.25) is 0 Å². The Balaban J connectivity index is 2.31. The van der Waals surface area contributed by atoms with Crippen LogP contribution in [0, 0.1) is 0 Å². The molecule has 17 heavy (non-hydrogen) atoms. The summed E-state index contributed by atoms with van der Waals surface area (Å²) < 4.78 is 11.2. The lowest BCUT2D eigenvalue weighted by Gasteiger charge is -2.14. The van der Waals surface area contributed by atoms with Gasteiger partial charge in [-0.05, 0) is 18.1 Å². The van der Waals surface area contributed by atoms with Gasteiger partial charge in [-0.25, -0.2) is 0 Å². The highest BCUT2D eigenvalue weighted by Crippen LogP contribution is 2.40. The molecule has 0 bridgehead atoms. The number of rotatable bonds is 3. The molecule has 1 atom stereocenters. The summed E-state index contributed by atoms with van der Waals surface area (Å²) in [7, 11) is 0. The van der Waals surface area contributed by atoms with Crippen molar-refractivity contribution >= 4 is 23.2 Å². The molecule has 0 fully saturated rings. The van der Waals surface area contributed by atoms with Gasteiger partial charge in [-0.15, -0.1) is 11.6 Å². The lowest BCUT2D eigenvalue weighted by molar-refractivity contribution is 0.297.